The van der Waals surface area contributed by atoms with E-state index in [9.17, 15) is 4.79 Å². The van der Waals surface area contributed by atoms with Crippen LogP contribution in [0.3, 0.4) is 0 Å². The summed E-state index contributed by atoms with van der Waals surface area (Å²) in [6.45, 7) is 8.88. The third-order valence-electron chi connectivity index (χ3n) is 4.57. The molecule has 1 aliphatic rings. The summed E-state index contributed by atoms with van der Waals surface area (Å²) in [5, 5.41) is 7.92. The van der Waals surface area contributed by atoms with E-state index in [-0.39, 0.29) is 5.41 Å². The van der Waals surface area contributed by atoms with Crippen LogP contribution >= 0.6 is 15.9 Å². The fourth-order valence-corrected chi connectivity index (χ4v) is 3.84. The number of aryl methyl sites for hydroxylation is 2. The standard InChI is InChI=1S/C16H26BrN3O/c1-4-7-16(8-6-9-18-11-16)14(21)10-13-15(17)12(3)19-20(13)5-2/h18H,4-11H2,1-3H3. The Morgan fingerprint density at radius 1 is 1.48 bits per heavy atom. The van der Waals surface area contributed by atoms with Crippen LogP contribution in [-0.4, -0.2) is 28.7 Å². The molecule has 0 aliphatic carbocycles. The van der Waals surface area contributed by atoms with E-state index in [4.69, 9.17) is 0 Å². The predicted octanol–water partition coefficient (Wildman–Crippen LogP) is 3.26. The van der Waals surface area contributed by atoms with Crippen molar-refractivity contribution < 1.29 is 4.79 Å². The predicted molar refractivity (Wildman–Crippen MR) is 88.5 cm³/mol. The number of halogens is 1. The molecule has 5 heteroatoms. The van der Waals surface area contributed by atoms with Crippen molar-refractivity contribution >= 4 is 21.7 Å². The van der Waals surface area contributed by atoms with Crippen LogP contribution in [0.2, 0.25) is 0 Å². The Labute approximate surface area is 135 Å². The zero-order valence-electron chi connectivity index (χ0n) is 13.3. The van der Waals surface area contributed by atoms with Gasteiger partial charge in [-0.3, -0.25) is 9.48 Å². The number of Topliss-reactive ketones (excluding diaryl/α,β-unsaturated/α-hetero) is 1. The lowest BCUT2D eigenvalue weighted by Gasteiger charge is -2.36. The Morgan fingerprint density at radius 2 is 2.24 bits per heavy atom. The Hall–Kier alpha value is -0.680. The van der Waals surface area contributed by atoms with Gasteiger partial charge in [-0.15, -0.1) is 0 Å². The third kappa shape index (κ3) is 3.39. The molecule has 0 spiro atoms. The summed E-state index contributed by atoms with van der Waals surface area (Å²) in [4.78, 5) is 13.0. The largest absolute Gasteiger partial charge is 0.316 e. The second kappa shape index (κ2) is 7.05. The molecule has 0 bridgehead atoms. The molecule has 118 valence electrons. The molecule has 1 saturated heterocycles. The van der Waals surface area contributed by atoms with Gasteiger partial charge in [-0.05, 0) is 55.6 Å². The zero-order valence-corrected chi connectivity index (χ0v) is 14.9. The summed E-state index contributed by atoms with van der Waals surface area (Å²) in [5.74, 6) is 0.367. The fraction of sp³-hybridized carbons (Fsp3) is 0.750. The van der Waals surface area contributed by atoms with Gasteiger partial charge in [0.05, 0.1) is 22.3 Å². The number of nitrogens with zero attached hydrogens (tertiary/aromatic N) is 2. The Bertz CT molecular complexity index is 498. The van der Waals surface area contributed by atoms with Gasteiger partial charge in [-0.25, -0.2) is 0 Å². The van der Waals surface area contributed by atoms with Crippen LogP contribution in [0.5, 0.6) is 0 Å². The Morgan fingerprint density at radius 3 is 2.81 bits per heavy atom. The Kier molecular flexibility index (Phi) is 5.60. The van der Waals surface area contributed by atoms with Gasteiger partial charge < -0.3 is 5.32 Å². The monoisotopic (exact) mass is 355 g/mol. The van der Waals surface area contributed by atoms with Gasteiger partial charge in [0.25, 0.3) is 0 Å². The molecule has 1 aromatic heterocycles. The van der Waals surface area contributed by atoms with Crippen molar-refractivity contribution in [1.82, 2.24) is 15.1 Å². The molecule has 4 nitrogen and oxygen atoms in total. The van der Waals surface area contributed by atoms with Gasteiger partial charge in [0, 0.05) is 18.5 Å². The molecule has 1 atom stereocenters. The molecule has 2 rings (SSSR count). The molecule has 1 fully saturated rings. The summed E-state index contributed by atoms with van der Waals surface area (Å²) in [6.07, 6.45) is 4.63. The van der Waals surface area contributed by atoms with Crippen LogP contribution in [0.4, 0.5) is 0 Å². The van der Waals surface area contributed by atoms with Gasteiger partial charge in [-0.1, -0.05) is 13.3 Å². The number of hydrogen-bond donors (Lipinski definition) is 1. The highest BCUT2D eigenvalue weighted by atomic mass is 79.9. The number of carbonyl (C=O) groups is 1. The van der Waals surface area contributed by atoms with E-state index in [0.717, 1.165) is 61.2 Å². The first-order valence-electron chi connectivity index (χ1n) is 8.00. The fourth-order valence-electron chi connectivity index (χ4n) is 3.41. The summed E-state index contributed by atoms with van der Waals surface area (Å²) < 4.78 is 2.95. The van der Waals surface area contributed by atoms with Crippen LogP contribution in [0.15, 0.2) is 4.47 Å². The SMILES string of the molecule is CCCC1(C(=O)Cc2c(Br)c(C)nn2CC)CCCNC1. The molecule has 0 amide bonds. The number of ketones is 1. The van der Waals surface area contributed by atoms with Crippen molar-refractivity contribution in [3.05, 3.63) is 15.9 Å². The van der Waals surface area contributed by atoms with Crippen molar-refractivity contribution in [2.24, 2.45) is 5.41 Å². The first-order chi connectivity index (χ1) is 10.0. The molecule has 0 radical (unpaired) electrons. The summed E-state index contributed by atoms with van der Waals surface area (Å²) >= 11 is 3.60. The topological polar surface area (TPSA) is 46.9 Å². The second-order valence-corrected chi connectivity index (χ2v) is 6.87. The first-order valence-corrected chi connectivity index (χ1v) is 8.79. The lowest BCUT2D eigenvalue weighted by atomic mass is 9.72. The average Bonchev–Trinajstić information content (AvgIpc) is 2.76. The molecule has 21 heavy (non-hydrogen) atoms. The molecular weight excluding hydrogens is 330 g/mol. The highest BCUT2D eigenvalue weighted by Gasteiger charge is 2.38. The average molecular weight is 356 g/mol. The minimum Gasteiger partial charge on any atom is -0.316 e. The van der Waals surface area contributed by atoms with E-state index >= 15 is 0 Å². The number of hydrogen-bond acceptors (Lipinski definition) is 3. The molecule has 2 heterocycles. The molecular formula is C16H26BrN3O. The van der Waals surface area contributed by atoms with Crippen molar-refractivity contribution in [2.75, 3.05) is 13.1 Å². The minimum atomic E-state index is -0.177. The number of carbonyl (C=O) groups excluding carboxylic acids is 1. The van der Waals surface area contributed by atoms with Crippen LogP contribution in [0.1, 0.15) is 50.9 Å². The second-order valence-electron chi connectivity index (χ2n) is 6.07. The van der Waals surface area contributed by atoms with Gasteiger partial charge in [0.2, 0.25) is 0 Å². The highest BCUT2D eigenvalue weighted by Crippen LogP contribution is 2.35. The van der Waals surface area contributed by atoms with Crippen LogP contribution in [-0.2, 0) is 17.8 Å². The lowest BCUT2D eigenvalue weighted by Crippen LogP contribution is -2.46. The smallest absolute Gasteiger partial charge is 0.146 e. The quantitative estimate of drug-likeness (QED) is 0.851. The number of piperidine rings is 1. The van der Waals surface area contributed by atoms with E-state index in [2.05, 4.69) is 40.2 Å². The molecule has 1 aromatic rings. The number of aromatic nitrogens is 2. The van der Waals surface area contributed by atoms with E-state index in [1.807, 2.05) is 11.6 Å². The third-order valence-corrected chi connectivity index (χ3v) is 5.60. The van der Waals surface area contributed by atoms with Crippen LogP contribution in [0, 0.1) is 12.3 Å². The van der Waals surface area contributed by atoms with E-state index in [1.165, 1.54) is 0 Å². The number of nitrogens with one attached hydrogen (secondary N) is 1. The van der Waals surface area contributed by atoms with Gasteiger partial charge in [0.15, 0.2) is 0 Å². The van der Waals surface area contributed by atoms with Crippen molar-refractivity contribution in [3.8, 4) is 0 Å². The minimum absolute atomic E-state index is 0.177. The lowest BCUT2D eigenvalue weighted by molar-refractivity contribution is -0.129. The maximum absolute atomic E-state index is 13.0. The van der Waals surface area contributed by atoms with Crippen molar-refractivity contribution in [3.63, 3.8) is 0 Å². The maximum atomic E-state index is 13.0. The van der Waals surface area contributed by atoms with E-state index in [1.54, 1.807) is 0 Å². The van der Waals surface area contributed by atoms with E-state index < -0.39 is 0 Å². The molecule has 1 N–H and O–H groups in total. The zero-order chi connectivity index (χ0) is 15.5. The molecule has 0 aromatic carbocycles. The maximum Gasteiger partial charge on any atom is 0.146 e. The van der Waals surface area contributed by atoms with Crippen LogP contribution < -0.4 is 5.32 Å². The first kappa shape index (κ1) is 16.7. The molecule has 0 saturated carbocycles. The Balaban J connectivity index is 2.23. The normalized spacial score (nSPS) is 22.5. The van der Waals surface area contributed by atoms with Crippen molar-refractivity contribution in [2.45, 2.75) is 59.4 Å². The van der Waals surface area contributed by atoms with Gasteiger partial charge in [0.1, 0.15) is 5.78 Å². The van der Waals surface area contributed by atoms with Gasteiger partial charge >= 0.3 is 0 Å². The van der Waals surface area contributed by atoms with Crippen molar-refractivity contribution in [1.29, 1.82) is 0 Å². The number of rotatable bonds is 6. The molecule has 1 aliphatic heterocycles. The van der Waals surface area contributed by atoms with Crippen LogP contribution in [0.25, 0.3) is 0 Å². The summed E-state index contributed by atoms with van der Waals surface area (Å²) in [5.41, 5.74) is 1.82. The molecule has 1 unspecified atom stereocenters. The summed E-state index contributed by atoms with van der Waals surface area (Å²) in [7, 11) is 0. The van der Waals surface area contributed by atoms with Gasteiger partial charge in [-0.2, -0.15) is 5.10 Å². The summed E-state index contributed by atoms with van der Waals surface area (Å²) in [6, 6.07) is 0. The van der Waals surface area contributed by atoms with E-state index in [0.29, 0.717) is 12.2 Å². The highest BCUT2D eigenvalue weighted by molar-refractivity contribution is 9.10.